The molecule has 0 N–H and O–H groups in total. The number of carbonyl (C=O) groups is 1. The van der Waals surface area contributed by atoms with Crippen LogP contribution in [-0.2, 0) is 11.3 Å². The van der Waals surface area contributed by atoms with Gasteiger partial charge in [-0.1, -0.05) is 44.2 Å². The largest absolute Gasteiger partial charge is 0.471 e. The summed E-state index contributed by atoms with van der Waals surface area (Å²) in [6.07, 6.45) is -4.79. The second kappa shape index (κ2) is 7.11. The Labute approximate surface area is 122 Å². The first-order valence-electron chi connectivity index (χ1n) is 6.57. The Morgan fingerprint density at radius 3 is 2.29 bits per heavy atom. The molecule has 0 spiro atoms. The van der Waals surface area contributed by atoms with E-state index in [0.717, 1.165) is 0 Å². The monoisotopic (exact) mass is 298 g/mol. The molecule has 0 radical (unpaired) electrons. The molecule has 0 saturated heterocycles. The van der Waals surface area contributed by atoms with Crippen molar-refractivity contribution in [2.75, 3.05) is 0 Å². The van der Waals surface area contributed by atoms with Gasteiger partial charge in [0, 0.05) is 6.54 Å². The molecule has 1 aromatic carbocycles. The fourth-order valence-corrected chi connectivity index (χ4v) is 1.96. The Morgan fingerprint density at radius 1 is 1.29 bits per heavy atom. The maximum atomic E-state index is 12.7. The number of benzene rings is 1. The first-order chi connectivity index (χ1) is 9.75. The number of nitrogens with zero attached hydrogens (tertiary/aromatic N) is 2. The molecule has 0 unspecified atom stereocenters. The quantitative estimate of drug-likeness (QED) is 0.835. The van der Waals surface area contributed by atoms with Crippen LogP contribution in [0.1, 0.15) is 25.8 Å². The molecule has 21 heavy (non-hydrogen) atoms. The maximum Gasteiger partial charge on any atom is 0.471 e. The third-order valence-electron chi connectivity index (χ3n) is 2.92. The molecule has 114 valence electrons. The standard InChI is InChI=1S/C15H17F3N2O/c1-11(2)8-13(9-19)20(14(21)15(16,17)18)10-12-6-4-3-5-7-12/h3-7,11,13H,8,10H2,1-2H3/t13-/m1/s1. The molecular formula is C15H17F3N2O. The minimum absolute atomic E-state index is 0.00829. The number of carbonyl (C=O) groups excluding carboxylic acids is 1. The Kier molecular flexibility index (Phi) is 5.77. The summed E-state index contributed by atoms with van der Waals surface area (Å²) in [6.45, 7) is 3.36. The first-order valence-corrected chi connectivity index (χ1v) is 6.57. The molecule has 0 aliphatic rings. The summed E-state index contributed by atoms with van der Waals surface area (Å²) < 4.78 is 38.2. The zero-order valence-electron chi connectivity index (χ0n) is 11.9. The van der Waals surface area contributed by atoms with Crippen LogP contribution in [0.2, 0.25) is 0 Å². The van der Waals surface area contributed by atoms with E-state index in [-0.39, 0.29) is 18.9 Å². The smallest absolute Gasteiger partial charge is 0.315 e. The van der Waals surface area contributed by atoms with Gasteiger partial charge >= 0.3 is 12.1 Å². The molecule has 1 atom stereocenters. The van der Waals surface area contributed by atoms with Gasteiger partial charge in [0.25, 0.3) is 0 Å². The van der Waals surface area contributed by atoms with Gasteiger partial charge in [0.05, 0.1) is 6.07 Å². The zero-order chi connectivity index (χ0) is 16.0. The Bertz CT molecular complexity index is 506. The summed E-state index contributed by atoms with van der Waals surface area (Å²) in [6, 6.07) is 9.05. The van der Waals surface area contributed by atoms with Crippen molar-refractivity contribution in [3.63, 3.8) is 0 Å². The normalized spacial score (nSPS) is 12.8. The van der Waals surface area contributed by atoms with E-state index in [1.54, 1.807) is 44.2 Å². The first kappa shape index (κ1) is 17.0. The van der Waals surface area contributed by atoms with Crippen molar-refractivity contribution in [3.8, 4) is 6.07 Å². The van der Waals surface area contributed by atoms with Crippen LogP contribution in [0.15, 0.2) is 30.3 Å². The molecule has 0 saturated carbocycles. The van der Waals surface area contributed by atoms with Crippen molar-refractivity contribution in [1.29, 1.82) is 5.26 Å². The molecule has 0 aliphatic heterocycles. The number of amides is 1. The van der Waals surface area contributed by atoms with Crippen LogP contribution in [0.4, 0.5) is 13.2 Å². The maximum absolute atomic E-state index is 12.7. The lowest BCUT2D eigenvalue weighted by Gasteiger charge is -2.29. The van der Waals surface area contributed by atoms with Gasteiger partial charge < -0.3 is 4.90 Å². The molecule has 0 aromatic heterocycles. The molecular weight excluding hydrogens is 281 g/mol. The minimum Gasteiger partial charge on any atom is -0.315 e. The SMILES string of the molecule is CC(C)C[C@H](C#N)N(Cc1ccccc1)C(=O)C(F)(F)F. The van der Waals surface area contributed by atoms with Crippen molar-refractivity contribution < 1.29 is 18.0 Å². The summed E-state index contributed by atoms with van der Waals surface area (Å²) >= 11 is 0. The topological polar surface area (TPSA) is 44.1 Å². The van der Waals surface area contributed by atoms with E-state index in [1.807, 2.05) is 6.07 Å². The summed E-state index contributed by atoms with van der Waals surface area (Å²) in [5, 5.41) is 9.13. The predicted octanol–water partition coefficient (Wildman–Crippen LogP) is 3.52. The fraction of sp³-hybridized carbons (Fsp3) is 0.467. The average molecular weight is 298 g/mol. The van der Waals surface area contributed by atoms with Crippen molar-refractivity contribution in [1.82, 2.24) is 4.90 Å². The summed E-state index contributed by atoms with van der Waals surface area (Å²) in [5.41, 5.74) is 0.555. The lowest BCUT2D eigenvalue weighted by molar-refractivity contribution is -0.187. The van der Waals surface area contributed by atoms with Gasteiger partial charge in [-0.3, -0.25) is 4.79 Å². The number of rotatable bonds is 5. The van der Waals surface area contributed by atoms with E-state index in [0.29, 0.717) is 10.5 Å². The van der Waals surface area contributed by atoms with E-state index in [1.165, 1.54) is 0 Å². The summed E-state index contributed by atoms with van der Waals surface area (Å²) in [7, 11) is 0. The van der Waals surface area contributed by atoms with Gasteiger partial charge in [-0.25, -0.2) is 0 Å². The third kappa shape index (κ3) is 5.10. The van der Waals surface area contributed by atoms with Gasteiger partial charge in [-0.2, -0.15) is 18.4 Å². The average Bonchev–Trinajstić information content (AvgIpc) is 2.41. The van der Waals surface area contributed by atoms with Crippen LogP contribution in [0.25, 0.3) is 0 Å². The lowest BCUT2D eigenvalue weighted by atomic mass is 10.0. The number of hydrogen-bond acceptors (Lipinski definition) is 2. The van der Waals surface area contributed by atoms with Crippen molar-refractivity contribution in [2.24, 2.45) is 5.92 Å². The second-order valence-corrected chi connectivity index (χ2v) is 5.19. The molecule has 0 heterocycles. The number of alkyl halides is 3. The minimum atomic E-state index is -4.99. The molecule has 1 rings (SSSR count). The van der Waals surface area contributed by atoms with Crippen LogP contribution >= 0.6 is 0 Å². The van der Waals surface area contributed by atoms with Crippen molar-refractivity contribution in [2.45, 2.75) is 39.0 Å². The van der Waals surface area contributed by atoms with E-state index >= 15 is 0 Å². The summed E-state index contributed by atoms with van der Waals surface area (Å²) in [5.74, 6) is -1.97. The molecule has 0 aliphatic carbocycles. The Hall–Kier alpha value is -2.03. The molecule has 3 nitrogen and oxygen atoms in total. The van der Waals surface area contributed by atoms with E-state index in [4.69, 9.17) is 5.26 Å². The van der Waals surface area contributed by atoms with E-state index in [2.05, 4.69) is 0 Å². The van der Waals surface area contributed by atoms with Crippen LogP contribution in [0.5, 0.6) is 0 Å². The van der Waals surface area contributed by atoms with Crippen LogP contribution in [0.3, 0.4) is 0 Å². The highest BCUT2D eigenvalue weighted by Gasteiger charge is 2.44. The van der Waals surface area contributed by atoms with E-state index < -0.39 is 18.1 Å². The molecule has 1 aromatic rings. The predicted molar refractivity (Wildman–Crippen MR) is 71.9 cm³/mol. The lowest BCUT2D eigenvalue weighted by Crippen LogP contribution is -2.46. The highest BCUT2D eigenvalue weighted by atomic mass is 19.4. The second-order valence-electron chi connectivity index (χ2n) is 5.19. The van der Waals surface area contributed by atoms with Gasteiger partial charge in [-0.05, 0) is 17.9 Å². The zero-order valence-corrected chi connectivity index (χ0v) is 11.9. The van der Waals surface area contributed by atoms with Crippen LogP contribution in [0, 0.1) is 17.2 Å². The van der Waals surface area contributed by atoms with Gasteiger partial charge in [0.1, 0.15) is 6.04 Å². The van der Waals surface area contributed by atoms with Crippen molar-refractivity contribution >= 4 is 5.91 Å². The Morgan fingerprint density at radius 2 is 1.86 bits per heavy atom. The fourth-order valence-electron chi connectivity index (χ4n) is 1.96. The summed E-state index contributed by atoms with van der Waals surface area (Å²) in [4.78, 5) is 12.2. The van der Waals surface area contributed by atoms with Gasteiger partial charge in [0.2, 0.25) is 0 Å². The van der Waals surface area contributed by atoms with Gasteiger partial charge in [0.15, 0.2) is 0 Å². The van der Waals surface area contributed by atoms with Gasteiger partial charge in [-0.15, -0.1) is 0 Å². The number of hydrogen-bond donors (Lipinski definition) is 0. The Balaban J connectivity index is 3.05. The third-order valence-corrected chi connectivity index (χ3v) is 2.92. The van der Waals surface area contributed by atoms with Crippen molar-refractivity contribution in [3.05, 3.63) is 35.9 Å². The molecule has 6 heteroatoms. The number of nitriles is 1. The van der Waals surface area contributed by atoms with Crippen LogP contribution in [-0.4, -0.2) is 23.0 Å². The number of halogens is 3. The van der Waals surface area contributed by atoms with E-state index in [9.17, 15) is 18.0 Å². The molecule has 0 fully saturated rings. The molecule has 1 amide bonds. The highest BCUT2D eigenvalue weighted by Crippen LogP contribution is 2.24. The molecule has 0 bridgehead atoms. The van der Waals surface area contributed by atoms with Crippen LogP contribution < -0.4 is 0 Å². The highest BCUT2D eigenvalue weighted by molar-refractivity contribution is 5.82.